The molecule has 0 aliphatic heterocycles. The minimum atomic E-state index is -0.131. The summed E-state index contributed by atoms with van der Waals surface area (Å²) in [5.41, 5.74) is 2.31. The Bertz CT molecular complexity index is 589. The zero-order valence-electron chi connectivity index (χ0n) is 14.1. The summed E-state index contributed by atoms with van der Waals surface area (Å²) in [5, 5.41) is 0.740. The average Bonchev–Trinajstić information content (AvgIpc) is 2.53. The average molecular weight is 333 g/mol. The van der Waals surface area contributed by atoms with E-state index in [0.29, 0.717) is 6.61 Å². The van der Waals surface area contributed by atoms with Crippen LogP contribution in [0, 0.1) is 0 Å². The van der Waals surface area contributed by atoms with Crippen molar-refractivity contribution >= 4 is 11.6 Å². The van der Waals surface area contributed by atoms with Gasteiger partial charge in [-0.25, -0.2) is 0 Å². The maximum Gasteiger partial charge on any atom is 0.137 e. The fourth-order valence-electron chi connectivity index (χ4n) is 2.49. The predicted octanol–water partition coefficient (Wildman–Crippen LogP) is 4.05. The monoisotopic (exact) mass is 332 g/mol. The van der Waals surface area contributed by atoms with Crippen LogP contribution >= 0.6 is 11.6 Å². The van der Waals surface area contributed by atoms with Gasteiger partial charge in [0.05, 0.1) is 6.61 Å². The molecule has 3 nitrogen and oxygen atoms in total. The molecular weight excluding hydrogens is 308 g/mol. The molecule has 1 atom stereocenters. The van der Waals surface area contributed by atoms with Gasteiger partial charge in [0.1, 0.15) is 6.23 Å². The lowest BCUT2D eigenvalue weighted by atomic mass is 10.2. The summed E-state index contributed by atoms with van der Waals surface area (Å²) >= 11 is 6.29. The van der Waals surface area contributed by atoms with Crippen LogP contribution in [0.1, 0.15) is 17.4 Å². The van der Waals surface area contributed by atoms with Gasteiger partial charge in [-0.05, 0) is 32.8 Å². The van der Waals surface area contributed by atoms with E-state index < -0.39 is 0 Å². The van der Waals surface area contributed by atoms with Crippen molar-refractivity contribution in [3.05, 3.63) is 70.7 Å². The van der Waals surface area contributed by atoms with Gasteiger partial charge in [-0.3, -0.25) is 9.80 Å². The fraction of sp³-hybridized carbons (Fsp3) is 0.368. The fourth-order valence-corrected chi connectivity index (χ4v) is 2.72. The van der Waals surface area contributed by atoms with Gasteiger partial charge in [0.15, 0.2) is 0 Å². The number of halogens is 1. The summed E-state index contributed by atoms with van der Waals surface area (Å²) in [5.74, 6) is 0. The van der Waals surface area contributed by atoms with Crippen molar-refractivity contribution in [2.75, 3.05) is 34.3 Å². The third-order valence-electron chi connectivity index (χ3n) is 3.68. The maximum atomic E-state index is 6.29. The summed E-state index contributed by atoms with van der Waals surface area (Å²) in [6.07, 6.45) is -0.131. The molecule has 0 aliphatic rings. The molecule has 0 amide bonds. The number of nitrogens with zero attached hydrogens (tertiary/aromatic N) is 2. The molecule has 2 aromatic carbocycles. The first-order chi connectivity index (χ1) is 11.1. The third-order valence-corrected chi connectivity index (χ3v) is 4.03. The lowest BCUT2D eigenvalue weighted by Crippen LogP contribution is -2.28. The number of likely N-dealkylation sites (N-methyl/N-ethyl adjacent to an activating group) is 1. The van der Waals surface area contributed by atoms with Crippen LogP contribution in [0.2, 0.25) is 5.02 Å². The van der Waals surface area contributed by atoms with Crippen molar-refractivity contribution < 1.29 is 4.74 Å². The van der Waals surface area contributed by atoms with Crippen molar-refractivity contribution in [3.63, 3.8) is 0 Å². The minimum Gasteiger partial charge on any atom is -0.357 e. The van der Waals surface area contributed by atoms with Gasteiger partial charge in [0.2, 0.25) is 0 Å². The van der Waals surface area contributed by atoms with E-state index in [1.807, 2.05) is 49.3 Å². The van der Waals surface area contributed by atoms with Gasteiger partial charge in [-0.15, -0.1) is 0 Å². The van der Waals surface area contributed by atoms with Gasteiger partial charge in [-0.2, -0.15) is 0 Å². The van der Waals surface area contributed by atoms with Crippen LogP contribution in [-0.2, 0) is 11.3 Å². The summed E-state index contributed by atoms with van der Waals surface area (Å²) < 4.78 is 6.08. The Balaban J connectivity index is 1.86. The van der Waals surface area contributed by atoms with Crippen molar-refractivity contribution in [1.82, 2.24) is 9.80 Å². The number of rotatable bonds is 8. The number of hydrogen-bond donors (Lipinski definition) is 0. The topological polar surface area (TPSA) is 15.7 Å². The quantitative estimate of drug-likeness (QED) is 0.678. The van der Waals surface area contributed by atoms with Crippen molar-refractivity contribution in [2.45, 2.75) is 12.8 Å². The Morgan fingerprint density at radius 2 is 1.61 bits per heavy atom. The number of benzene rings is 2. The normalized spacial score (nSPS) is 12.8. The Kier molecular flexibility index (Phi) is 7.06. The van der Waals surface area contributed by atoms with Crippen molar-refractivity contribution in [2.24, 2.45) is 0 Å². The standard InChI is InChI=1S/C19H25ClN2O/c1-21(2)19(17-11-7-8-12-18(17)20)23-14-13-22(3)15-16-9-5-4-6-10-16/h4-12,19H,13-15H2,1-3H3. The van der Waals surface area contributed by atoms with Crippen molar-refractivity contribution in [1.29, 1.82) is 0 Å². The van der Waals surface area contributed by atoms with E-state index in [1.165, 1.54) is 5.56 Å². The van der Waals surface area contributed by atoms with E-state index in [2.05, 4.69) is 36.2 Å². The van der Waals surface area contributed by atoms with E-state index in [9.17, 15) is 0 Å². The summed E-state index contributed by atoms with van der Waals surface area (Å²) in [4.78, 5) is 4.30. The van der Waals surface area contributed by atoms with E-state index in [4.69, 9.17) is 16.3 Å². The molecule has 0 aromatic heterocycles. The Morgan fingerprint density at radius 1 is 0.957 bits per heavy atom. The Labute approximate surface area is 144 Å². The molecule has 2 aromatic rings. The molecule has 0 spiro atoms. The van der Waals surface area contributed by atoms with Crippen LogP contribution < -0.4 is 0 Å². The third kappa shape index (κ3) is 5.63. The van der Waals surface area contributed by atoms with Gasteiger partial charge < -0.3 is 4.74 Å². The molecule has 0 heterocycles. The summed E-state index contributed by atoms with van der Waals surface area (Å²) in [7, 11) is 6.11. The molecule has 2 rings (SSSR count). The smallest absolute Gasteiger partial charge is 0.137 e. The van der Waals surface area contributed by atoms with E-state index in [0.717, 1.165) is 23.7 Å². The van der Waals surface area contributed by atoms with Gasteiger partial charge in [-0.1, -0.05) is 60.1 Å². The van der Waals surface area contributed by atoms with E-state index in [-0.39, 0.29) is 6.23 Å². The lowest BCUT2D eigenvalue weighted by Gasteiger charge is -2.27. The largest absolute Gasteiger partial charge is 0.357 e. The Morgan fingerprint density at radius 3 is 2.26 bits per heavy atom. The molecule has 0 aliphatic carbocycles. The second-order valence-electron chi connectivity index (χ2n) is 5.93. The van der Waals surface area contributed by atoms with Crippen LogP contribution in [0.15, 0.2) is 54.6 Å². The summed E-state index contributed by atoms with van der Waals surface area (Å²) in [6, 6.07) is 18.3. The molecular formula is C19H25ClN2O. The van der Waals surface area contributed by atoms with Crippen LogP contribution in [0.25, 0.3) is 0 Å². The van der Waals surface area contributed by atoms with Crippen LogP contribution in [0.4, 0.5) is 0 Å². The molecule has 4 heteroatoms. The molecule has 1 unspecified atom stereocenters. The molecule has 0 bridgehead atoms. The summed E-state index contributed by atoms with van der Waals surface area (Å²) in [6.45, 7) is 2.43. The molecule has 0 saturated heterocycles. The highest BCUT2D eigenvalue weighted by molar-refractivity contribution is 6.31. The minimum absolute atomic E-state index is 0.131. The van der Waals surface area contributed by atoms with Gasteiger partial charge >= 0.3 is 0 Å². The first-order valence-corrected chi connectivity index (χ1v) is 8.20. The SMILES string of the molecule is CN(CCOC(c1ccccc1Cl)N(C)C)Cc1ccccc1. The molecule has 23 heavy (non-hydrogen) atoms. The second kappa shape index (κ2) is 9.04. The number of ether oxygens (including phenoxy) is 1. The zero-order valence-corrected chi connectivity index (χ0v) is 14.8. The molecule has 0 radical (unpaired) electrons. The van der Waals surface area contributed by atoms with Crippen LogP contribution in [0.3, 0.4) is 0 Å². The molecule has 0 fully saturated rings. The molecule has 0 N–H and O–H groups in total. The first kappa shape index (κ1) is 18.0. The highest BCUT2D eigenvalue weighted by atomic mass is 35.5. The number of hydrogen-bond acceptors (Lipinski definition) is 3. The van der Waals surface area contributed by atoms with Gasteiger partial charge in [0, 0.05) is 23.7 Å². The second-order valence-corrected chi connectivity index (χ2v) is 6.34. The predicted molar refractivity (Wildman–Crippen MR) is 96.6 cm³/mol. The molecule has 0 saturated carbocycles. The highest BCUT2D eigenvalue weighted by Gasteiger charge is 2.17. The van der Waals surface area contributed by atoms with Crippen LogP contribution in [0.5, 0.6) is 0 Å². The van der Waals surface area contributed by atoms with E-state index in [1.54, 1.807) is 0 Å². The Hall–Kier alpha value is -1.39. The highest BCUT2D eigenvalue weighted by Crippen LogP contribution is 2.26. The first-order valence-electron chi connectivity index (χ1n) is 7.83. The van der Waals surface area contributed by atoms with Crippen LogP contribution in [-0.4, -0.2) is 44.1 Å². The zero-order chi connectivity index (χ0) is 16.7. The molecule has 124 valence electrons. The van der Waals surface area contributed by atoms with Gasteiger partial charge in [0.25, 0.3) is 0 Å². The van der Waals surface area contributed by atoms with E-state index >= 15 is 0 Å². The lowest BCUT2D eigenvalue weighted by molar-refractivity contribution is -0.0442. The maximum absolute atomic E-state index is 6.29. The van der Waals surface area contributed by atoms with Crippen molar-refractivity contribution in [3.8, 4) is 0 Å².